The molecule has 2 atom stereocenters. The van der Waals surface area contributed by atoms with Crippen LogP contribution in [0.15, 0.2) is 0 Å². The number of rotatable bonds is 5. The average molecular weight is 271 g/mol. The van der Waals surface area contributed by atoms with Crippen molar-refractivity contribution in [2.24, 2.45) is 5.92 Å². The molecule has 2 fully saturated rings. The first-order chi connectivity index (χ1) is 9.25. The lowest BCUT2D eigenvalue weighted by atomic mass is 9.98. The summed E-state index contributed by atoms with van der Waals surface area (Å²) in [5.74, 6) is 0.486. The second-order valence-electron chi connectivity index (χ2n) is 5.45. The predicted molar refractivity (Wildman–Crippen MR) is 70.9 cm³/mol. The highest BCUT2D eigenvalue weighted by atomic mass is 16.5. The molecule has 0 saturated carbocycles. The Bertz CT molecular complexity index is 279. The summed E-state index contributed by atoms with van der Waals surface area (Å²) >= 11 is 0. The molecular formula is C14H25NO4. The number of hydrogen-bond donors (Lipinski definition) is 1. The van der Waals surface area contributed by atoms with Crippen LogP contribution >= 0.6 is 0 Å². The summed E-state index contributed by atoms with van der Waals surface area (Å²) < 4.78 is 16.3. The Morgan fingerprint density at radius 2 is 1.95 bits per heavy atom. The van der Waals surface area contributed by atoms with Crippen LogP contribution in [0, 0.1) is 5.92 Å². The van der Waals surface area contributed by atoms with Crippen LogP contribution in [-0.4, -0.2) is 51.1 Å². The van der Waals surface area contributed by atoms with E-state index in [-0.39, 0.29) is 18.1 Å². The molecule has 110 valence electrons. The van der Waals surface area contributed by atoms with Crippen LogP contribution in [0.4, 0.5) is 0 Å². The highest BCUT2D eigenvalue weighted by Gasteiger charge is 2.23. The minimum Gasteiger partial charge on any atom is -0.381 e. The quantitative estimate of drug-likeness (QED) is 0.814. The van der Waals surface area contributed by atoms with Gasteiger partial charge in [0.25, 0.3) is 0 Å². The van der Waals surface area contributed by atoms with E-state index in [0.29, 0.717) is 18.9 Å². The van der Waals surface area contributed by atoms with Crippen molar-refractivity contribution in [3.63, 3.8) is 0 Å². The molecule has 2 saturated heterocycles. The third-order valence-corrected chi connectivity index (χ3v) is 3.84. The van der Waals surface area contributed by atoms with Gasteiger partial charge in [-0.15, -0.1) is 0 Å². The third-order valence-electron chi connectivity index (χ3n) is 3.84. The molecule has 0 aromatic carbocycles. The lowest BCUT2D eigenvalue weighted by Crippen LogP contribution is -2.44. The van der Waals surface area contributed by atoms with Crippen LogP contribution in [0.1, 0.15) is 32.6 Å². The van der Waals surface area contributed by atoms with Crippen molar-refractivity contribution in [1.29, 1.82) is 0 Å². The Morgan fingerprint density at radius 1 is 1.21 bits per heavy atom. The normalized spacial score (nSPS) is 29.1. The van der Waals surface area contributed by atoms with Crippen molar-refractivity contribution < 1.29 is 19.0 Å². The topological polar surface area (TPSA) is 56.8 Å². The van der Waals surface area contributed by atoms with Gasteiger partial charge in [0, 0.05) is 32.3 Å². The molecule has 2 heterocycles. The van der Waals surface area contributed by atoms with Crippen LogP contribution in [0.25, 0.3) is 0 Å². The molecular weight excluding hydrogens is 246 g/mol. The lowest BCUT2D eigenvalue weighted by molar-refractivity contribution is -0.125. The third kappa shape index (κ3) is 5.09. The van der Waals surface area contributed by atoms with Gasteiger partial charge in [0.15, 0.2) is 0 Å². The zero-order valence-electron chi connectivity index (χ0n) is 11.7. The van der Waals surface area contributed by atoms with Gasteiger partial charge in [-0.05, 0) is 25.2 Å². The number of hydrogen-bond acceptors (Lipinski definition) is 4. The van der Waals surface area contributed by atoms with Crippen molar-refractivity contribution in [2.75, 3.05) is 33.0 Å². The zero-order chi connectivity index (χ0) is 13.5. The van der Waals surface area contributed by atoms with Crippen molar-refractivity contribution in [3.8, 4) is 0 Å². The Balaban J connectivity index is 1.58. The summed E-state index contributed by atoms with van der Waals surface area (Å²) in [6.45, 7) is 5.65. The molecule has 0 aliphatic carbocycles. The molecule has 2 rings (SSSR count). The first-order valence-electron chi connectivity index (χ1n) is 7.32. The van der Waals surface area contributed by atoms with E-state index in [2.05, 4.69) is 12.2 Å². The SMILES string of the molecule is CC1COCCC1NC(=O)CCOC1CCOCC1. The standard InChI is InChI=1S/C14H25NO4/c1-11-10-18-8-4-13(11)15-14(16)5-9-19-12-2-6-17-7-3-12/h11-13H,2-10H2,1H3,(H,15,16). The monoisotopic (exact) mass is 271 g/mol. The van der Waals surface area contributed by atoms with Gasteiger partial charge >= 0.3 is 0 Å². The molecule has 0 bridgehead atoms. The Kier molecular flexibility index (Phi) is 6.07. The van der Waals surface area contributed by atoms with Gasteiger partial charge < -0.3 is 19.5 Å². The first-order valence-corrected chi connectivity index (χ1v) is 7.32. The Morgan fingerprint density at radius 3 is 2.68 bits per heavy atom. The summed E-state index contributed by atoms with van der Waals surface area (Å²) in [5, 5.41) is 3.08. The fourth-order valence-corrected chi connectivity index (χ4v) is 2.53. The van der Waals surface area contributed by atoms with E-state index in [1.54, 1.807) is 0 Å². The molecule has 5 heteroatoms. The predicted octanol–water partition coefficient (Wildman–Crippen LogP) is 1.11. The van der Waals surface area contributed by atoms with Crippen LogP contribution < -0.4 is 5.32 Å². The number of ether oxygens (including phenoxy) is 3. The summed E-state index contributed by atoms with van der Waals surface area (Å²) in [6, 6.07) is 0.254. The smallest absolute Gasteiger partial charge is 0.222 e. The molecule has 0 spiro atoms. The van der Waals surface area contributed by atoms with E-state index in [0.717, 1.165) is 45.7 Å². The molecule has 1 amide bonds. The highest BCUT2D eigenvalue weighted by Crippen LogP contribution is 2.14. The summed E-state index contributed by atoms with van der Waals surface area (Å²) in [4.78, 5) is 11.8. The number of nitrogens with one attached hydrogen (secondary N) is 1. The molecule has 2 unspecified atom stereocenters. The van der Waals surface area contributed by atoms with Gasteiger partial charge in [0.2, 0.25) is 5.91 Å². The maximum atomic E-state index is 11.8. The van der Waals surface area contributed by atoms with Gasteiger partial charge in [-0.2, -0.15) is 0 Å². The van der Waals surface area contributed by atoms with Crippen molar-refractivity contribution in [3.05, 3.63) is 0 Å². The largest absolute Gasteiger partial charge is 0.381 e. The van der Waals surface area contributed by atoms with Gasteiger partial charge in [0.1, 0.15) is 0 Å². The molecule has 0 aromatic rings. The molecule has 2 aliphatic rings. The van der Waals surface area contributed by atoms with Crippen molar-refractivity contribution in [1.82, 2.24) is 5.32 Å². The van der Waals surface area contributed by atoms with Crippen LogP contribution in [-0.2, 0) is 19.0 Å². The van der Waals surface area contributed by atoms with Crippen LogP contribution in [0.3, 0.4) is 0 Å². The zero-order valence-corrected chi connectivity index (χ0v) is 11.7. The maximum Gasteiger partial charge on any atom is 0.222 e. The highest BCUT2D eigenvalue weighted by molar-refractivity contribution is 5.76. The van der Waals surface area contributed by atoms with Gasteiger partial charge in [-0.1, -0.05) is 6.92 Å². The van der Waals surface area contributed by atoms with E-state index in [1.807, 2.05) is 0 Å². The van der Waals surface area contributed by atoms with Gasteiger partial charge in [0.05, 0.1) is 19.3 Å². The molecule has 5 nitrogen and oxygen atoms in total. The second-order valence-corrected chi connectivity index (χ2v) is 5.45. The van der Waals surface area contributed by atoms with E-state index in [1.165, 1.54) is 0 Å². The van der Waals surface area contributed by atoms with E-state index in [4.69, 9.17) is 14.2 Å². The summed E-state index contributed by atoms with van der Waals surface area (Å²) in [7, 11) is 0. The molecule has 0 radical (unpaired) electrons. The summed E-state index contributed by atoms with van der Waals surface area (Å²) in [6.07, 6.45) is 3.51. The fourth-order valence-electron chi connectivity index (χ4n) is 2.53. The molecule has 1 N–H and O–H groups in total. The second kappa shape index (κ2) is 7.82. The van der Waals surface area contributed by atoms with Crippen molar-refractivity contribution >= 4 is 5.91 Å². The molecule has 0 aromatic heterocycles. The Labute approximate surface area is 115 Å². The number of carbonyl (C=O) groups excluding carboxylic acids is 1. The fraction of sp³-hybridized carbons (Fsp3) is 0.929. The van der Waals surface area contributed by atoms with Crippen LogP contribution in [0.5, 0.6) is 0 Å². The van der Waals surface area contributed by atoms with Crippen molar-refractivity contribution in [2.45, 2.75) is 44.8 Å². The maximum absolute atomic E-state index is 11.8. The molecule has 19 heavy (non-hydrogen) atoms. The lowest BCUT2D eigenvalue weighted by Gasteiger charge is -2.29. The number of carbonyl (C=O) groups is 1. The van der Waals surface area contributed by atoms with E-state index >= 15 is 0 Å². The van der Waals surface area contributed by atoms with E-state index in [9.17, 15) is 4.79 Å². The van der Waals surface area contributed by atoms with Gasteiger partial charge in [-0.3, -0.25) is 4.79 Å². The Hall–Kier alpha value is -0.650. The van der Waals surface area contributed by atoms with Gasteiger partial charge in [-0.25, -0.2) is 0 Å². The van der Waals surface area contributed by atoms with E-state index < -0.39 is 0 Å². The first kappa shape index (κ1) is 14.8. The minimum absolute atomic E-state index is 0.0887. The molecule has 2 aliphatic heterocycles. The minimum atomic E-state index is 0.0887. The average Bonchev–Trinajstić information content (AvgIpc) is 2.43. The summed E-state index contributed by atoms with van der Waals surface area (Å²) in [5.41, 5.74) is 0. The van der Waals surface area contributed by atoms with Crippen LogP contribution in [0.2, 0.25) is 0 Å². The number of amides is 1.